The summed E-state index contributed by atoms with van der Waals surface area (Å²) in [6.07, 6.45) is 0.418. The molecular formula is C20H17N5O3. The lowest BCUT2D eigenvalue weighted by molar-refractivity contribution is -0.116. The first-order valence-electron chi connectivity index (χ1n) is 8.77. The van der Waals surface area contributed by atoms with Crippen LogP contribution in [0.5, 0.6) is 0 Å². The van der Waals surface area contributed by atoms with E-state index in [1.54, 1.807) is 12.1 Å². The fourth-order valence-electron chi connectivity index (χ4n) is 2.82. The third kappa shape index (κ3) is 3.80. The zero-order valence-corrected chi connectivity index (χ0v) is 15.1. The van der Waals surface area contributed by atoms with Gasteiger partial charge >= 0.3 is 0 Å². The lowest BCUT2D eigenvalue weighted by Gasteiger charge is -2.03. The molecular weight excluding hydrogens is 358 g/mol. The summed E-state index contributed by atoms with van der Waals surface area (Å²) in [5.41, 5.74) is 1.58. The highest BCUT2D eigenvalue weighted by molar-refractivity contribution is 5.89. The number of aryl methyl sites for hydroxylation is 2. The summed E-state index contributed by atoms with van der Waals surface area (Å²) in [6, 6.07) is 14.6. The number of aromatic amines is 1. The molecule has 2 N–H and O–H groups in total. The molecule has 0 bridgehead atoms. The van der Waals surface area contributed by atoms with E-state index in [0.717, 1.165) is 16.6 Å². The van der Waals surface area contributed by atoms with Gasteiger partial charge in [-0.15, -0.1) is 0 Å². The zero-order chi connectivity index (χ0) is 19.5. The molecule has 0 saturated heterocycles. The molecule has 140 valence electrons. The SMILES string of the molecule is Cc1cccc(NC(=O)CCc2nc(-c3cc4ccccc4[nH]c3=O)no2)n1. The van der Waals surface area contributed by atoms with E-state index in [1.165, 1.54) is 0 Å². The first kappa shape index (κ1) is 17.6. The number of nitrogens with zero attached hydrogens (tertiary/aromatic N) is 3. The minimum Gasteiger partial charge on any atom is -0.339 e. The van der Waals surface area contributed by atoms with Gasteiger partial charge in [0, 0.05) is 24.1 Å². The van der Waals surface area contributed by atoms with Gasteiger partial charge in [0.15, 0.2) is 0 Å². The van der Waals surface area contributed by atoms with Gasteiger partial charge in [0.05, 0.1) is 5.56 Å². The number of carbonyl (C=O) groups is 1. The molecule has 0 saturated carbocycles. The van der Waals surface area contributed by atoms with Crippen LogP contribution in [0.1, 0.15) is 18.0 Å². The van der Waals surface area contributed by atoms with E-state index < -0.39 is 0 Å². The van der Waals surface area contributed by atoms with Gasteiger partial charge < -0.3 is 14.8 Å². The first-order valence-corrected chi connectivity index (χ1v) is 8.77. The number of fused-ring (bicyclic) bond motifs is 1. The molecule has 3 aromatic heterocycles. The van der Waals surface area contributed by atoms with Crippen LogP contribution in [0, 0.1) is 6.92 Å². The minimum atomic E-state index is -0.297. The Balaban J connectivity index is 1.45. The van der Waals surface area contributed by atoms with Crippen molar-refractivity contribution >= 4 is 22.6 Å². The molecule has 28 heavy (non-hydrogen) atoms. The Kier molecular flexibility index (Phi) is 4.67. The average molecular weight is 375 g/mol. The molecule has 0 fully saturated rings. The number of anilines is 1. The van der Waals surface area contributed by atoms with Crippen molar-refractivity contribution in [1.82, 2.24) is 20.1 Å². The number of para-hydroxylation sites is 1. The van der Waals surface area contributed by atoms with Crippen molar-refractivity contribution in [1.29, 1.82) is 0 Å². The number of rotatable bonds is 5. The molecule has 0 aliphatic heterocycles. The molecule has 0 unspecified atom stereocenters. The number of carbonyl (C=O) groups excluding carboxylic acids is 1. The van der Waals surface area contributed by atoms with Crippen LogP contribution >= 0.6 is 0 Å². The van der Waals surface area contributed by atoms with E-state index in [1.807, 2.05) is 43.3 Å². The van der Waals surface area contributed by atoms with Gasteiger partial charge in [-0.3, -0.25) is 9.59 Å². The van der Waals surface area contributed by atoms with Crippen LogP contribution in [0.4, 0.5) is 5.82 Å². The Hall–Kier alpha value is -3.81. The maximum absolute atomic E-state index is 12.3. The number of nitrogens with one attached hydrogen (secondary N) is 2. The van der Waals surface area contributed by atoms with Crippen LogP contribution in [0.25, 0.3) is 22.3 Å². The number of benzene rings is 1. The largest absolute Gasteiger partial charge is 0.339 e. The van der Waals surface area contributed by atoms with Crippen LogP contribution in [0.15, 0.2) is 57.8 Å². The third-order valence-electron chi connectivity index (χ3n) is 4.18. The van der Waals surface area contributed by atoms with E-state index in [9.17, 15) is 9.59 Å². The summed E-state index contributed by atoms with van der Waals surface area (Å²) >= 11 is 0. The van der Waals surface area contributed by atoms with Crippen molar-refractivity contribution in [2.45, 2.75) is 19.8 Å². The number of hydrogen-bond donors (Lipinski definition) is 2. The standard InChI is InChI=1S/C20H17N5O3/c1-12-5-4-8-16(21-12)23-17(26)9-10-18-24-19(25-28-18)14-11-13-6-2-3-7-15(13)22-20(14)27/h2-8,11H,9-10H2,1H3,(H,22,27)(H,21,23,26). The fraction of sp³-hybridized carbons (Fsp3) is 0.150. The van der Waals surface area contributed by atoms with Crippen molar-refractivity contribution < 1.29 is 9.32 Å². The Labute approximate surface area is 159 Å². The molecule has 0 radical (unpaired) electrons. The minimum absolute atomic E-state index is 0.158. The van der Waals surface area contributed by atoms with Crippen molar-refractivity contribution in [2.75, 3.05) is 5.32 Å². The highest BCUT2D eigenvalue weighted by atomic mass is 16.5. The summed E-state index contributed by atoms with van der Waals surface area (Å²) in [5.74, 6) is 0.776. The lowest BCUT2D eigenvalue weighted by Crippen LogP contribution is -2.13. The maximum Gasteiger partial charge on any atom is 0.259 e. The number of amides is 1. The second kappa shape index (κ2) is 7.43. The summed E-state index contributed by atoms with van der Waals surface area (Å²) in [6.45, 7) is 1.85. The van der Waals surface area contributed by atoms with Crippen LogP contribution < -0.4 is 10.9 Å². The quantitative estimate of drug-likeness (QED) is 0.554. The molecule has 0 aliphatic rings. The zero-order valence-electron chi connectivity index (χ0n) is 15.1. The average Bonchev–Trinajstić information content (AvgIpc) is 3.14. The van der Waals surface area contributed by atoms with E-state index >= 15 is 0 Å². The summed E-state index contributed by atoms with van der Waals surface area (Å²) in [5, 5.41) is 7.47. The molecule has 8 nitrogen and oxygen atoms in total. The van der Waals surface area contributed by atoms with Gasteiger partial charge in [-0.25, -0.2) is 4.98 Å². The summed E-state index contributed by atoms with van der Waals surface area (Å²) in [4.78, 5) is 35.6. The van der Waals surface area contributed by atoms with Crippen LogP contribution in [-0.2, 0) is 11.2 Å². The molecule has 1 amide bonds. The Morgan fingerprint density at radius 3 is 2.86 bits per heavy atom. The second-order valence-electron chi connectivity index (χ2n) is 6.32. The second-order valence-corrected chi connectivity index (χ2v) is 6.32. The molecule has 0 aliphatic carbocycles. The van der Waals surface area contributed by atoms with Crippen molar-refractivity contribution in [3.05, 3.63) is 70.5 Å². The summed E-state index contributed by atoms with van der Waals surface area (Å²) in [7, 11) is 0. The predicted octanol–water partition coefficient (Wildman–Crippen LogP) is 2.85. The van der Waals surface area contributed by atoms with Crippen LogP contribution in [0.2, 0.25) is 0 Å². The number of H-pyrrole nitrogens is 1. The number of hydrogen-bond acceptors (Lipinski definition) is 6. The molecule has 3 heterocycles. The Morgan fingerprint density at radius 2 is 2.00 bits per heavy atom. The first-order chi connectivity index (χ1) is 13.6. The third-order valence-corrected chi connectivity index (χ3v) is 4.18. The van der Waals surface area contributed by atoms with Gasteiger partial charge in [-0.1, -0.05) is 29.4 Å². The molecule has 8 heteroatoms. The van der Waals surface area contributed by atoms with Crippen molar-refractivity contribution in [3.63, 3.8) is 0 Å². The summed E-state index contributed by atoms with van der Waals surface area (Å²) < 4.78 is 5.20. The highest BCUT2D eigenvalue weighted by Crippen LogP contribution is 2.17. The van der Waals surface area contributed by atoms with Gasteiger partial charge in [0.2, 0.25) is 17.6 Å². The predicted molar refractivity (Wildman–Crippen MR) is 104 cm³/mol. The highest BCUT2D eigenvalue weighted by Gasteiger charge is 2.14. The van der Waals surface area contributed by atoms with Crippen LogP contribution in [0.3, 0.4) is 0 Å². The van der Waals surface area contributed by atoms with Crippen LogP contribution in [-0.4, -0.2) is 26.0 Å². The van der Waals surface area contributed by atoms with Gasteiger partial charge in [0.1, 0.15) is 5.82 Å². The molecule has 1 aromatic carbocycles. The Bertz CT molecular complexity index is 1210. The number of aromatic nitrogens is 4. The molecule has 0 atom stereocenters. The Morgan fingerprint density at radius 1 is 1.14 bits per heavy atom. The number of pyridine rings is 2. The van der Waals surface area contributed by atoms with E-state index in [4.69, 9.17) is 4.52 Å². The topological polar surface area (TPSA) is 114 Å². The van der Waals surface area contributed by atoms with Gasteiger partial charge in [-0.05, 0) is 36.6 Å². The van der Waals surface area contributed by atoms with Gasteiger partial charge in [0.25, 0.3) is 5.56 Å². The normalized spacial score (nSPS) is 10.9. The van der Waals surface area contributed by atoms with Gasteiger partial charge in [-0.2, -0.15) is 4.98 Å². The fourth-order valence-corrected chi connectivity index (χ4v) is 2.82. The van der Waals surface area contributed by atoms with Crippen molar-refractivity contribution in [2.24, 2.45) is 0 Å². The lowest BCUT2D eigenvalue weighted by atomic mass is 10.1. The van der Waals surface area contributed by atoms with E-state index in [-0.39, 0.29) is 36.0 Å². The molecule has 4 aromatic rings. The maximum atomic E-state index is 12.3. The smallest absolute Gasteiger partial charge is 0.259 e. The van der Waals surface area contributed by atoms with Crippen molar-refractivity contribution in [3.8, 4) is 11.4 Å². The molecule has 4 rings (SSSR count). The monoisotopic (exact) mass is 375 g/mol. The van der Waals surface area contributed by atoms with E-state index in [0.29, 0.717) is 11.4 Å². The van der Waals surface area contributed by atoms with E-state index in [2.05, 4.69) is 25.4 Å². The molecule has 0 spiro atoms.